The molecule has 0 radical (unpaired) electrons. The number of aromatic nitrogens is 1. The SMILES string of the molecule is CCOC(=O)C1=C(C)N=c2s/c(=C/c3cc(I)c(OCc4ccc(C)cc4)c(I)c3)c(=O)n2[C@H]1c1ccccc1OC(C)C. The lowest BCUT2D eigenvalue weighted by molar-refractivity contribution is -0.139. The summed E-state index contributed by atoms with van der Waals surface area (Å²) >= 11 is 5.84. The summed E-state index contributed by atoms with van der Waals surface area (Å²) < 4.78 is 21.7. The molecule has 1 aliphatic heterocycles. The molecule has 0 unspecified atom stereocenters. The number of nitrogens with zero attached hydrogens (tertiary/aromatic N) is 2. The van der Waals surface area contributed by atoms with E-state index in [4.69, 9.17) is 19.2 Å². The quantitative estimate of drug-likeness (QED) is 0.139. The Kier molecular flexibility index (Phi) is 10.3. The van der Waals surface area contributed by atoms with Gasteiger partial charge in [0.05, 0.1) is 35.7 Å². The Balaban J connectivity index is 1.58. The molecule has 7 nitrogen and oxygen atoms in total. The molecule has 0 spiro atoms. The van der Waals surface area contributed by atoms with Crippen LogP contribution in [0.2, 0.25) is 0 Å². The first kappa shape index (κ1) is 32.4. The molecular weight excluding hydrogens is 802 g/mol. The van der Waals surface area contributed by atoms with Crippen LogP contribution < -0.4 is 24.4 Å². The van der Waals surface area contributed by atoms with E-state index >= 15 is 0 Å². The molecule has 0 saturated heterocycles. The molecule has 228 valence electrons. The van der Waals surface area contributed by atoms with Gasteiger partial charge in [-0.3, -0.25) is 9.36 Å². The highest BCUT2D eigenvalue weighted by molar-refractivity contribution is 14.1. The van der Waals surface area contributed by atoms with E-state index < -0.39 is 12.0 Å². The Morgan fingerprint density at radius 2 is 1.75 bits per heavy atom. The van der Waals surface area contributed by atoms with Crippen LogP contribution in [0.25, 0.3) is 6.08 Å². The molecular formula is C34H32I2N2O5S. The third-order valence-corrected chi connectivity index (χ3v) is 9.50. The van der Waals surface area contributed by atoms with Crippen LogP contribution in [0.3, 0.4) is 0 Å². The second kappa shape index (κ2) is 14.0. The van der Waals surface area contributed by atoms with Gasteiger partial charge in [-0.1, -0.05) is 59.4 Å². The van der Waals surface area contributed by atoms with Crippen molar-refractivity contribution < 1.29 is 19.0 Å². The third-order valence-electron chi connectivity index (χ3n) is 6.92. The number of para-hydroxylation sites is 1. The smallest absolute Gasteiger partial charge is 0.338 e. The van der Waals surface area contributed by atoms with Crippen molar-refractivity contribution in [3.63, 3.8) is 0 Å². The fourth-order valence-corrected chi connectivity index (χ4v) is 8.12. The summed E-state index contributed by atoms with van der Waals surface area (Å²) in [5.74, 6) is 0.906. The maximum atomic E-state index is 14.1. The number of hydrogen-bond acceptors (Lipinski definition) is 7. The van der Waals surface area contributed by atoms with Gasteiger partial charge in [-0.2, -0.15) is 0 Å². The zero-order chi connectivity index (χ0) is 31.5. The van der Waals surface area contributed by atoms with E-state index in [9.17, 15) is 9.59 Å². The average Bonchev–Trinajstić information content (AvgIpc) is 3.26. The number of fused-ring (bicyclic) bond motifs is 1. The maximum absolute atomic E-state index is 14.1. The molecule has 0 bridgehead atoms. The molecule has 2 heterocycles. The van der Waals surface area contributed by atoms with Gasteiger partial charge in [-0.05, 0) is 115 Å². The van der Waals surface area contributed by atoms with Gasteiger partial charge in [0.25, 0.3) is 5.56 Å². The lowest BCUT2D eigenvalue weighted by Crippen LogP contribution is -2.40. The van der Waals surface area contributed by atoms with Gasteiger partial charge >= 0.3 is 5.97 Å². The minimum atomic E-state index is -0.750. The summed E-state index contributed by atoms with van der Waals surface area (Å²) in [5.41, 5.74) is 4.47. The third kappa shape index (κ3) is 6.96. The Morgan fingerprint density at radius 1 is 1.07 bits per heavy atom. The normalized spacial score (nSPS) is 14.8. The first-order valence-electron chi connectivity index (χ1n) is 14.2. The van der Waals surface area contributed by atoms with Crippen molar-refractivity contribution in [2.24, 2.45) is 4.99 Å². The van der Waals surface area contributed by atoms with Gasteiger partial charge in [-0.15, -0.1) is 0 Å². The number of halogens is 2. The van der Waals surface area contributed by atoms with Gasteiger partial charge in [-0.25, -0.2) is 9.79 Å². The lowest BCUT2D eigenvalue weighted by Gasteiger charge is -2.26. The second-order valence-electron chi connectivity index (χ2n) is 10.6. The summed E-state index contributed by atoms with van der Waals surface area (Å²) in [5, 5.41) is 0. The Bertz CT molecular complexity index is 1900. The molecule has 0 saturated carbocycles. The van der Waals surface area contributed by atoms with Crippen LogP contribution in [-0.2, 0) is 16.1 Å². The number of carbonyl (C=O) groups excluding carboxylic acids is 1. The van der Waals surface area contributed by atoms with Crippen molar-refractivity contribution in [3.05, 3.63) is 121 Å². The summed E-state index contributed by atoms with van der Waals surface area (Å²) in [6, 6.07) is 19.0. The Morgan fingerprint density at radius 3 is 2.41 bits per heavy atom. The minimum absolute atomic E-state index is 0.100. The molecule has 1 atom stereocenters. The zero-order valence-electron chi connectivity index (χ0n) is 25.0. The number of thiazole rings is 1. The maximum Gasteiger partial charge on any atom is 0.338 e. The van der Waals surface area contributed by atoms with Gasteiger partial charge in [0.2, 0.25) is 0 Å². The van der Waals surface area contributed by atoms with Crippen LogP contribution in [0.5, 0.6) is 11.5 Å². The molecule has 0 aliphatic carbocycles. The monoisotopic (exact) mass is 834 g/mol. The lowest BCUT2D eigenvalue weighted by atomic mass is 9.95. The molecule has 0 fully saturated rings. The second-order valence-corrected chi connectivity index (χ2v) is 13.9. The van der Waals surface area contributed by atoms with Gasteiger partial charge in [0.1, 0.15) is 24.1 Å². The molecule has 0 N–H and O–H groups in total. The van der Waals surface area contributed by atoms with Crippen molar-refractivity contribution in [2.75, 3.05) is 6.61 Å². The average molecular weight is 835 g/mol. The number of hydrogen-bond donors (Lipinski definition) is 0. The molecule has 4 aromatic rings. The van der Waals surface area contributed by atoms with Crippen molar-refractivity contribution in [1.82, 2.24) is 4.57 Å². The molecule has 5 rings (SSSR count). The summed E-state index contributed by atoms with van der Waals surface area (Å²) in [6.07, 6.45) is 1.77. The van der Waals surface area contributed by atoms with E-state index in [-0.39, 0.29) is 18.3 Å². The number of rotatable bonds is 9. The molecule has 10 heteroatoms. The molecule has 0 amide bonds. The van der Waals surface area contributed by atoms with Crippen molar-refractivity contribution >= 4 is 68.6 Å². The van der Waals surface area contributed by atoms with Crippen LogP contribution in [-0.4, -0.2) is 23.2 Å². The standard InChI is InChI=1S/C34H32I2N2O5S/c1-6-41-33(40)29-21(5)37-34-38(30(29)24-9-7-8-10-27(24)43-19(2)3)32(39)28(44-34)17-23-15-25(35)31(26(36)16-23)42-18-22-13-11-20(4)12-14-22/h7-17,19,30H,6,18H2,1-5H3/b28-17+/t30-/m0/s1. The number of esters is 1. The van der Waals surface area contributed by atoms with E-state index in [0.717, 1.165) is 24.0 Å². The summed E-state index contributed by atoms with van der Waals surface area (Å²) in [7, 11) is 0. The number of benzene rings is 3. The Labute approximate surface area is 287 Å². The van der Waals surface area contributed by atoms with E-state index in [1.165, 1.54) is 16.9 Å². The topological polar surface area (TPSA) is 79.1 Å². The number of carbonyl (C=O) groups is 1. The van der Waals surface area contributed by atoms with E-state index in [1.807, 2.05) is 56.3 Å². The fourth-order valence-electron chi connectivity index (χ4n) is 4.95. The molecule has 3 aromatic carbocycles. The van der Waals surface area contributed by atoms with Gasteiger partial charge in [0.15, 0.2) is 4.80 Å². The van der Waals surface area contributed by atoms with Crippen LogP contribution in [0.15, 0.2) is 81.7 Å². The van der Waals surface area contributed by atoms with E-state index in [2.05, 4.69) is 76.4 Å². The summed E-state index contributed by atoms with van der Waals surface area (Å²) in [4.78, 5) is 32.6. The van der Waals surface area contributed by atoms with Crippen LogP contribution in [0.1, 0.15) is 56.0 Å². The van der Waals surface area contributed by atoms with Crippen molar-refractivity contribution in [2.45, 2.75) is 53.4 Å². The molecule has 44 heavy (non-hydrogen) atoms. The van der Waals surface area contributed by atoms with Crippen LogP contribution >= 0.6 is 56.5 Å². The van der Waals surface area contributed by atoms with E-state index in [0.29, 0.717) is 38.5 Å². The van der Waals surface area contributed by atoms with Crippen LogP contribution in [0.4, 0.5) is 0 Å². The minimum Gasteiger partial charge on any atom is -0.491 e. The molecule has 1 aliphatic rings. The first-order valence-corrected chi connectivity index (χ1v) is 17.2. The fraction of sp³-hybridized carbons (Fsp3) is 0.265. The van der Waals surface area contributed by atoms with Crippen LogP contribution in [0, 0.1) is 14.1 Å². The predicted octanol–water partition coefficient (Wildman–Crippen LogP) is 6.68. The number of aryl methyl sites for hydroxylation is 1. The highest BCUT2D eigenvalue weighted by Crippen LogP contribution is 2.36. The number of allylic oxidation sites excluding steroid dienone is 1. The first-order chi connectivity index (χ1) is 21.1. The molecule has 1 aromatic heterocycles. The van der Waals surface area contributed by atoms with E-state index in [1.54, 1.807) is 18.4 Å². The van der Waals surface area contributed by atoms with Crippen molar-refractivity contribution in [1.29, 1.82) is 0 Å². The zero-order valence-corrected chi connectivity index (χ0v) is 30.2. The Hall–Kier alpha value is -2.97. The predicted molar refractivity (Wildman–Crippen MR) is 190 cm³/mol. The highest BCUT2D eigenvalue weighted by Gasteiger charge is 2.35. The summed E-state index contributed by atoms with van der Waals surface area (Å²) in [6.45, 7) is 10.2. The van der Waals surface area contributed by atoms with Gasteiger partial charge < -0.3 is 14.2 Å². The number of ether oxygens (including phenoxy) is 3. The largest absolute Gasteiger partial charge is 0.491 e. The highest BCUT2D eigenvalue weighted by atomic mass is 127. The van der Waals surface area contributed by atoms with Gasteiger partial charge in [0, 0.05) is 5.56 Å². The van der Waals surface area contributed by atoms with Crippen molar-refractivity contribution in [3.8, 4) is 11.5 Å².